The van der Waals surface area contributed by atoms with Gasteiger partial charge in [0.25, 0.3) is 0 Å². The van der Waals surface area contributed by atoms with Crippen molar-refractivity contribution in [3.8, 4) is 0 Å². The van der Waals surface area contributed by atoms with Gasteiger partial charge in [-0.2, -0.15) is 0 Å². The Balaban J connectivity index is 1.55. The number of hydrogen-bond acceptors (Lipinski definition) is 3. The van der Waals surface area contributed by atoms with Crippen LogP contribution in [0.25, 0.3) is 0 Å². The molecule has 0 radical (unpaired) electrons. The van der Waals surface area contributed by atoms with Crippen LogP contribution < -0.4 is 0 Å². The lowest BCUT2D eigenvalue weighted by Crippen LogP contribution is -2.59. The Morgan fingerprint density at radius 1 is 0.867 bits per heavy atom. The van der Waals surface area contributed by atoms with E-state index in [2.05, 4.69) is 34.6 Å². The van der Waals surface area contributed by atoms with Gasteiger partial charge in [0.05, 0.1) is 18.3 Å². The predicted molar refractivity (Wildman–Crippen MR) is 122 cm³/mol. The minimum absolute atomic E-state index is 0.122. The molecular weight excluding hydrogens is 372 g/mol. The van der Waals surface area contributed by atoms with Crippen LogP contribution in [0.5, 0.6) is 0 Å². The Kier molecular flexibility index (Phi) is 6.41. The van der Waals surface area contributed by atoms with Gasteiger partial charge in [0.2, 0.25) is 0 Å². The third-order valence-corrected chi connectivity index (χ3v) is 10.9. The highest BCUT2D eigenvalue weighted by atomic mass is 16.3. The van der Waals surface area contributed by atoms with Crippen LogP contribution in [0.3, 0.4) is 0 Å². The summed E-state index contributed by atoms with van der Waals surface area (Å²) >= 11 is 0. The van der Waals surface area contributed by atoms with Crippen LogP contribution in [-0.4, -0.2) is 33.6 Å². The van der Waals surface area contributed by atoms with Crippen molar-refractivity contribution in [2.45, 2.75) is 117 Å². The Morgan fingerprint density at radius 2 is 1.60 bits per heavy atom. The van der Waals surface area contributed by atoms with E-state index < -0.39 is 0 Å². The summed E-state index contributed by atoms with van der Waals surface area (Å²) in [5.74, 6) is 3.68. The quantitative estimate of drug-likeness (QED) is 0.557. The first-order chi connectivity index (χ1) is 14.1. The van der Waals surface area contributed by atoms with E-state index in [0.717, 1.165) is 38.0 Å². The summed E-state index contributed by atoms with van der Waals surface area (Å²) in [6, 6.07) is 0. The highest BCUT2D eigenvalue weighted by Gasteiger charge is 2.65. The first-order valence-electron chi connectivity index (χ1n) is 13.1. The zero-order valence-corrected chi connectivity index (χ0v) is 20.2. The molecule has 3 nitrogen and oxygen atoms in total. The van der Waals surface area contributed by atoms with Crippen molar-refractivity contribution in [3.05, 3.63) is 0 Å². The Bertz CT molecular complexity index is 605. The highest BCUT2D eigenvalue weighted by Crippen LogP contribution is 2.68. The molecule has 4 saturated carbocycles. The van der Waals surface area contributed by atoms with Gasteiger partial charge in [-0.1, -0.05) is 53.9 Å². The third kappa shape index (κ3) is 3.59. The molecule has 1 unspecified atom stereocenters. The maximum absolute atomic E-state index is 11.6. The first kappa shape index (κ1) is 23.1. The fourth-order valence-electron chi connectivity index (χ4n) is 9.28. The summed E-state index contributed by atoms with van der Waals surface area (Å²) < 4.78 is 0. The number of aliphatic hydroxyl groups excluding tert-OH is 3. The van der Waals surface area contributed by atoms with Gasteiger partial charge < -0.3 is 15.3 Å². The fraction of sp³-hybridized carbons (Fsp3) is 1.00. The van der Waals surface area contributed by atoms with Gasteiger partial charge >= 0.3 is 0 Å². The van der Waals surface area contributed by atoms with Gasteiger partial charge in [-0.3, -0.25) is 0 Å². The summed E-state index contributed by atoms with van der Waals surface area (Å²) in [5, 5.41) is 33.1. The average molecular weight is 421 g/mol. The van der Waals surface area contributed by atoms with Crippen molar-refractivity contribution in [2.75, 3.05) is 0 Å². The van der Waals surface area contributed by atoms with Crippen LogP contribution in [0.4, 0.5) is 0 Å². The second-order valence-electron chi connectivity index (χ2n) is 12.8. The van der Waals surface area contributed by atoms with E-state index in [9.17, 15) is 15.3 Å². The molecule has 3 N–H and O–H groups in total. The van der Waals surface area contributed by atoms with Crippen LogP contribution in [0, 0.1) is 52.3 Å². The lowest BCUT2D eigenvalue weighted by Gasteiger charge is -2.62. The van der Waals surface area contributed by atoms with Crippen molar-refractivity contribution >= 4 is 0 Å². The normalized spacial score (nSPS) is 51.9. The molecule has 4 aliphatic rings. The molecule has 0 saturated heterocycles. The van der Waals surface area contributed by atoms with Gasteiger partial charge in [0, 0.05) is 5.41 Å². The van der Waals surface area contributed by atoms with Gasteiger partial charge in [-0.05, 0) is 91.8 Å². The van der Waals surface area contributed by atoms with Crippen LogP contribution in [0.15, 0.2) is 0 Å². The molecule has 0 aliphatic heterocycles. The lowest BCUT2D eigenvalue weighted by atomic mass is 9.43. The maximum Gasteiger partial charge on any atom is 0.0603 e. The van der Waals surface area contributed by atoms with Crippen molar-refractivity contribution in [1.29, 1.82) is 0 Å². The molecule has 4 aliphatic carbocycles. The molecule has 4 fully saturated rings. The van der Waals surface area contributed by atoms with Gasteiger partial charge in [0.15, 0.2) is 0 Å². The highest BCUT2D eigenvalue weighted by molar-refractivity contribution is 5.14. The van der Waals surface area contributed by atoms with E-state index in [1.165, 1.54) is 32.1 Å². The van der Waals surface area contributed by atoms with E-state index in [-0.39, 0.29) is 35.1 Å². The summed E-state index contributed by atoms with van der Waals surface area (Å²) in [7, 11) is 0. The van der Waals surface area contributed by atoms with Crippen LogP contribution in [-0.2, 0) is 0 Å². The van der Waals surface area contributed by atoms with Crippen molar-refractivity contribution < 1.29 is 15.3 Å². The first-order valence-corrected chi connectivity index (χ1v) is 13.1. The maximum atomic E-state index is 11.6. The van der Waals surface area contributed by atoms with E-state index in [1.54, 1.807) is 0 Å². The summed E-state index contributed by atoms with van der Waals surface area (Å²) in [6.07, 6.45) is 10.2. The van der Waals surface area contributed by atoms with E-state index in [0.29, 0.717) is 29.6 Å². The Labute approximate surface area is 185 Å². The molecule has 30 heavy (non-hydrogen) atoms. The second kappa shape index (κ2) is 8.34. The molecular formula is C27H48O3. The average Bonchev–Trinajstić information content (AvgIpc) is 2.95. The molecule has 11 atom stereocenters. The predicted octanol–water partition coefficient (Wildman–Crippen LogP) is 5.41. The molecule has 0 aromatic heterocycles. The Morgan fingerprint density at radius 3 is 2.30 bits per heavy atom. The zero-order valence-electron chi connectivity index (χ0n) is 20.2. The van der Waals surface area contributed by atoms with Gasteiger partial charge in [-0.15, -0.1) is 0 Å². The number of fused-ring (bicyclic) bond motifs is 5. The molecule has 4 rings (SSSR count). The molecule has 0 aromatic rings. The zero-order chi connectivity index (χ0) is 21.8. The molecule has 0 amide bonds. The monoisotopic (exact) mass is 420 g/mol. The largest absolute Gasteiger partial charge is 0.393 e. The molecule has 0 bridgehead atoms. The topological polar surface area (TPSA) is 60.7 Å². The number of hydrogen-bond donors (Lipinski definition) is 3. The standard InChI is InChI=1S/C27H48O3/c1-16(2)7-6-8-17(3)25-23(29)14-22-20-10-9-18-13-19(28)11-12-26(18,4)21(20)15-24(30)27(22,25)5/h16-25,28-30H,6-15H2,1-5H3/t17?,18-,19+,20+,21-,22-,23+,24-,25-,26-,27+/m0/s1. The molecule has 3 heteroatoms. The van der Waals surface area contributed by atoms with Gasteiger partial charge in [-0.25, -0.2) is 0 Å². The molecule has 174 valence electrons. The summed E-state index contributed by atoms with van der Waals surface area (Å²) in [6.45, 7) is 11.7. The second-order valence-corrected chi connectivity index (χ2v) is 12.8. The molecule has 0 heterocycles. The van der Waals surface area contributed by atoms with Crippen molar-refractivity contribution in [1.82, 2.24) is 0 Å². The molecule has 0 aromatic carbocycles. The fourth-order valence-corrected chi connectivity index (χ4v) is 9.28. The SMILES string of the molecule is CC(C)CCCC(C)[C@H]1[C@H](O)C[C@H]2[C@@H]3CC[C@H]4C[C@H](O)CC[C@]4(C)[C@H]3C[C@H](O)[C@@]21C. The van der Waals surface area contributed by atoms with Crippen LogP contribution in [0.1, 0.15) is 98.8 Å². The summed E-state index contributed by atoms with van der Waals surface area (Å²) in [5.41, 5.74) is 0.117. The van der Waals surface area contributed by atoms with Crippen LogP contribution >= 0.6 is 0 Å². The smallest absolute Gasteiger partial charge is 0.0603 e. The van der Waals surface area contributed by atoms with Crippen LogP contribution in [0.2, 0.25) is 0 Å². The minimum atomic E-state index is -0.305. The van der Waals surface area contributed by atoms with Crippen molar-refractivity contribution in [3.63, 3.8) is 0 Å². The van der Waals surface area contributed by atoms with E-state index in [4.69, 9.17) is 0 Å². The van der Waals surface area contributed by atoms with Crippen molar-refractivity contribution in [2.24, 2.45) is 52.3 Å². The Hall–Kier alpha value is -0.120. The van der Waals surface area contributed by atoms with E-state index in [1.807, 2.05) is 0 Å². The molecule has 0 spiro atoms. The number of rotatable bonds is 5. The minimum Gasteiger partial charge on any atom is -0.393 e. The lowest BCUT2D eigenvalue weighted by molar-refractivity contribution is -0.176. The number of aliphatic hydroxyl groups is 3. The van der Waals surface area contributed by atoms with Gasteiger partial charge in [0.1, 0.15) is 0 Å². The third-order valence-electron chi connectivity index (χ3n) is 10.9. The van der Waals surface area contributed by atoms with E-state index >= 15 is 0 Å². The summed E-state index contributed by atoms with van der Waals surface area (Å²) in [4.78, 5) is 0.